The highest BCUT2D eigenvalue weighted by Crippen LogP contribution is 2.38. The normalized spacial score (nSPS) is 11.0. The van der Waals surface area contributed by atoms with E-state index in [1.807, 2.05) is 0 Å². The first kappa shape index (κ1) is 29.5. The molecule has 4 rings (SSSR count). The highest BCUT2D eigenvalue weighted by molar-refractivity contribution is 7.86. The molecule has 0 aromatic heterocycles. The number of nitrogens with one attached hydrogen (secondary N) is 2. The Morgan fingerprint density at radius 3 is 1.74 bits per heavy atom. The Morgan fingerprint density at radius 1 is 0.769 bits per heavy atom. The minimum Gasteiger partial charge on any atom is -0.744 e. The molecule has 0 radical (unpaired) electrons. The third-order valence-corrected chi connectivity index (χ3v) is 7.10. The van der Waals surface area contributed by atoms with Gasteiger partial charge in [0.2, 0.25) is 0 Å². The largest absolute Gasteiger partial charge is 0.744 e. The number of hydrogen-bond donors (Lipinski definition) is 2. The summed E-state index contributed by atoms with van der Waals surface area (Å²) in [5, 5.41) is 3.03. The van der Waals surface area contributed by atoms with Gasteiger partial charge in [-0.3, -0.25) is 4.79 Å². The van der Waals surface area contributed by atoms with Gasteiger partial charge in [-0.1, -0.05) is 60.7 Å². The van der Waals surface area contributed by atoms with Gasteiger partial charge < -0.3 is 19.5 Å². The van der Waals surface area contributed by atoms with Crippen LogP contribution in [0.15, 0.2) is 95.9 Å². The number of fused-ring (bicyclic) bond motifs is 1. The molecule has 0 unspecified atom stereocenters. The molecule has 0 heterocycles. The standard InChI is InChI=1S/C24H17NO6S.C6H15N/c26-23(16-9-3-1-4-10-16)25-22-19-14-8-7-13-18(19)21(32(28,29)30)15-20(22)31-24(27)17-11-5-2-6-12-17;1-4-7(5-2)6-3/h1-15H,(H,25,26)(H,28,29,30);4-6H2,1-3H3. The van der Waals surface area contributed by atoms with E-state index in [0.29, 0.717) is 5.56 Å². The maximum absolute atomic E-state index is 12.8. The van der Waals surface area contributed by atoms with Gasteiger partial charge in [-0.2, -0.15) is 0 Å². The van der Waals surface area contributed by atoms with E-state index in [0.717, 1.165) is 6.07 Å². The number of esters is 1. The Labute approximate surface area is 229 Å². The Morgan fingerprint density at radius 2 is 1.26 bits per heavy atom. The number of benzene rings is 4. The Hall–Kier alpha value is -4.05. The van der Waals surface area contributed by atoms with E-state index in [-0.39, 0.29) is 27.8 Å². The Bertz CT molecular complexity index is 1510. The molecule has 0 atom stereocenters. The van der Waals surface area contributed by atoms with Crippen molar-refractivity contribution in [2.75, 3.05) is 25.0 Å². The zero-order chi connectivity index (χ0) is 28.4. The van der Waals surface area contributed by atoms with Gasteiger partial charge in [-0.25, -0.2) is 13.2 Å². The monoisotopic (exact) mass is 548 g/mol. The molecule has 0 saturated heterocycles. The van der Waals surface area contributed by atoms with Gasteiger partial charge in [0, 0.05) is 22.4 Å². The SMILES string of the molecule is CC[NH+](CC)CC.O=C(Nc1c(OC(=O)c2ccccc2)cc(S(=O)(=O)[O-])c2ccccc12)c1ccccc1. The van der Waals surface area contributed by atoms with E-state index >= 15 is 0 Å². The first-order chi connectivity index (χ1) is 18.7. The van der Waals surface area contributed by atoms with Crippen LogP contribution in [0.5, 0.6) is 5.75 Å². The van der Waals surface area contributed by atoms with Crippen molar-refractivity contribution in [2.45, 2.75) is 25.7 Å². The summed E-state index contributed by atoms with van der Waals surface area (Å²) in [5.41, 5.74) is 0.635. The smallest absolute Gasteiger partial charge is 0.343 e. The van der Waals surface area contributed by atoms with E-state index in [1.54, 1.807) is 65.6 Å². The predicted octanol–water partition coefficient (Wildman–Crippen LogP) is 4.15. The van der Waals surface area contributed by atoms with Gasteiger partial charge in [0.1, 0.15) is 10.1 Å². The summed E-state index contributed by atoms with van der Waals surface area (Å²) < 4.78 is 41.2. The van der Waals surface area contributed by atoms with Crippen LogP contribution >= 0.6 is 0 Å². The summed E-state index contributed by atoms with van der Waals surface area (Å²) in [4.78, 5) is 26.6. The molecular formula is C30H32N2O6S. The van der Waals surface area contributed by atoms with E-state index in [9.17, 15) is 22.6 Å². The van der Waals surface area contributed by atoms with Gasteiger partial charge in [-0.15, -0.1) is 0 Å². The average molecular weight is 549 g/mol. The topological polar surface area (TPSA) is 117 Å². The third kappa shape index (κ3) is 7.73. The molecule has 0 aliphatic carbocycles. The number of hydrogen-bond acceptors (Lipinski definition) is 6. The van der Waals surface area contributed by atoms with Crippen LogP contribution in [0.1, 0.15) is 41.5 Å². The van der Waals surface area contributed by atoms with Crippen molar-refractivity contribution in [1.29, 1.82) is 0 Å². The Kier molecular flexibility index (Phi) is 10.3. The molecule has 2 N–H and O–H groups in total. The van der Waals surface area contributed by atoms with Gasteiger partial charge in [0.25, 0.3) is 5.91 Å². The van der Waals surface area contributed by atoms with Crippen molar-refractivity contribution in [2.24, 2.45) is 0 Å². The highest BCUT2D eigenvalue weighted by atomic mass is 32.2. The lowest BCUT2D eigenvalue weighted by atomic mass is 10.1. The fourth-order valence-electron chi connectivity index (χ4n) is 3.99. The second-order valence-electron chi connectivity index (χ2n) is 8.63. The zero-order valence-corrected chi connectivity index (χ0v) is 23.0. The van der Waals surface area contributed by atoms with Crippen LogP contribution in [0.25, 0.3) is 10.8 Å². The second kappa shape index (κ2) is 13.7. The molecule has 0 bridgehead atoms. The fraction of sp³-hybridized carbons (Fsp3) is 0.200. The first-order valence-corrected chi connectivity index (χ1v) is 14.1. The fourth-order valence-corrected chi connectivity index (χ4v) is 4.69. The Balaban J connectivity index is 0.000000532. The maximum atomic E-state index is 12.8. The molecule has 0 aliphatic rings. The number of anilines is 1. The van der Waals surface area contributed by atoms with E-state index in [1.165, 1.54) is 43.9 Å². The van der Waals surface area contributed by atoms with Crippen molar-refractivity contribution in [3.63, 3.8) is 0 Å². The van der Waals surface area contributed by atoms with Crippen LogP contribution in [-0.4, -0.2) is 44.5 Å². The third-order valence-electron chi connectivity index (χ3n) is 6.23. The molecule has 4 aromatic rings. The molecule has 9 heteroatoms. The van der Waals surface area contributed by atoms with Crippen molar-refractivity contribution in [1.82, 2.24) is 0 Å². The minimum absolute atomic E-state index is 0.0751. The quantitative estimate of drug-likeness (QED) is 0.194. The number of ether oxygens (including phenoxy) is 1. The molecule has 0 saturated carbocycles. The van der Waals surface area contributed by atoms with Crippen molar-refractivity contribution in [3.8, 4) is 5.75 Å². The van der Waals surface area contributed by atoms with E-state index in [2.05, 4.69) is 26.1 Å². The summed E-state index contributed by atoms with van der Waals surface area (Å²) in [7, 11) is -4.90. The molecule has 0 fully saturated rings. The zero-order valence-electron chi connectivity index (χ0n) is 22.1. The number of rotatable bonds is 8. The molecule has 8 nitrogen and oxygen atoms in total. The van der Waals surface area contributed by atoms with Crippen LogP contribution in [-0.2, 0) is 10.1 Å². The summed E-state index contributed by atoms with van der Waals surface area (Å²) in [6, 6.07) is 23.5. The van der Waals surface area contributed by atoms with Crippen molar-refractivity contribution in [3.05, 3.63) is 102 Å². The van der Waals surface area contributed by atoms with Gasteiger partial charge in [-0.05, 0) is 45.0 Å². The maximum Gasteiger partial charge on any atom is 0.343 e. The summed E-state index contributed by atoms with van der Waals surface area (Å²) >= 11 is 0. The van der Waals surface area contributed by atoms with Crippen LogP contribution in [0.3, 0.4) is 0 Å². The highest BCUT2D eigenvalue weighted by Gasteiger charge is 2.21. The minimum atomic E-state index is -4.90. The van der Waals surface area contributed by atoms with Gasteiger partial charge in [0.05, 0.1) is 35.8 Å². The van der Waals surface area contributed by atoms with E-state index in [4.69, 9.17) is 4.74 Å². The van der Waals surface area contributed by atoms with Crippen molar-refractivity contribution < 1.29 is 32.2 Å². The average Bonchev–Trinajstić information content (AvgIpc) is 2.95. The molecule has 0 aliphatic heterocycles. The lowest BCUT2D eigenvalue weighted by Crippen LogP contribution is -3.11. The molecule has 39 heavy (non-hydrogen) atoms. The molecule has 204 valence electrons. The lowest BCUT2D eigenvalue weighted by Gasteiger charge is -2.18. The van der Waals surface area contributed by atoms with Gasteiger partial charge in [0.15, 0.2) is 5.75 Å². The van der Waals surface area contributed by atoms with Crippen LogP contribution in [0.4, 0.5) is 5.69 Å². The second-order valence-corrected chi connectivity index (χ2v) is 9.98. The van der Waals surface area contributed by atoms with Crippen molar-refractivity contribution >= 4 is 38.5 Å². The van der Waals surface area contributed by atoms with E-state index < -0.39 is 26.9 Å². The van der Waals surface area contributed by atoms with Crippen LogP contribution in [0.2, 0.25) is 0 Å². The number of quaternary nitrogens is 1. The molecule has 1 amide bonds. The summed E-state index contributed by atoms with van der Waals surface area (Å²) in [5.74, 6) is -1.52. The predicted molar refractivity (Wildman–Crippen MR) is 150 cm³/mol. The van der Waals surface area contributed by atoms with Crippen LogP contribution < -0.4 is 15.0 Å². The number of carbonyl (C=O) groups excluding carboxylic acids is 2. The van der Waals surface area contributed by atoms with Gasteiger partial charge >= 0.3 is 5.97 Å². The molecule has 4 aromatic carbocycles. The summed E-state index contributed by atoms with van der Waals surface area (Å²) in [6.07, 6.45) is 0. The number of carbonyl (C=O) groups is 2. The molecule has 0 spiro atoms. The first-order valence-electron chi connectivity index (χ1n) is 12.7. The van der Waals surface area contributed by atoms with Crippen LogP contribution in [0, 0.1) is 0 Å². The number of amides is 1. The lowest BCUT2D eigenvalue weighted by molar-refractivity contribution is -0.894. The summed E-state index contributed by atoms with van der Waals surface area (Å²) in [6.45, 7) is 10.5. The molecular weight excluding hydrogens is 516 g/mol.